The first kappa shape index (κ1) is 9.01. The lowest BCUT2D eigenvalue weighted by atomic mass is 9.86. The van der Waals surface area contributed by atoms with Gasteiger partial charge in [-0.05, 0) is 39.3 Å². The standard InChI is InChI=1S/C9H19NO/c1-10(2)9-5-3-4-8(6-9)7-11/h8-9,11H,3-7H2,1-2H3/t8-,9+/m0/s1. The van der Waals surface area contributed by atoms with Crippen LogP contribution in [0.3, 0.4) is 0 Å². The predicted molar refractivity (Wildman–Crippen MR) is 46.5 cm³/mol. The van der Waals surface area contributed by atoms with Gasteiger partial charge in [-0.1, -0.05) is 6.42 Å². The van der Waals surface area contributed by atoms with Crippen LogP contribution < -0.4 is 0 Å². The summed E-state index contributed by atoms with van der Waals surface area (Å²) in [5.74, 6) is 0.566. The molecule has 66 valence electrons. The predicted octanol–water partition coefficient (Wildman–Crippen LogP) is 1.10. The highest BCUT2D eigenvalue weighted by Crippen LogP contribution is 2.25. The lowest BCUT2D eigenvalue weighted by molar-refractivity contribution is 0.132. The molecule has 1 N–H and O–H groups in total. The molecule has 0 aromatic heterocycles. The van der Waals surface area contributed by atoms with Gasteiger partial charge in [-0.25, -0.2) is 0 Å². The third kappa shape index (κ3) is 2.46. The van der Waals surface area contributed by atoms with E-state index in [1.807, 2.05) is 0 Å². The van der Waals surface area contributed by atoms with Crippen LogP contribution in [-0.2, 0) is 0 Å². The fourth-order valence-corrected chi connectivity index (χ4v) is 1.90. The van der Waals surface area contributed by atoms with Gasteiger partial charge in [0.05, 0.1) is 0 Å². The summed E-state index contributed by atoms with van der Waals surface area (Å²) in [6.07, 6.45) is 5.00. The normalized spacial score (nSPS) is 32.7. The Morgan fingerprint density at radius 2 is 2.09 bits per heavy atom. The molecule has 0 unspecified atom stereocenters. The van der Waals surface area contributed by atoms with E-state index in [0.717, 1.165) is 0 Å². The Bertz CT molecular complexity index is 114. The zero-order valence-electron chi connectivity index (χ0n) is 7.58. The number of aliphatic hydroxyl groups is 1. The van der Waals surface area contributed by atoms with E-state index in [4.69, 9.17) is 5.11 Å². The van der Waals surface area contributed by atoms with Crippen molar-refractivity contribution >= 4 is 0 Å². The maximum Gasteiger partial charge on any atom is 0.0459 e. The van der Waals surface area contributed by atoms with E-state index in [1.54, 1.807) is 0 Å². The van der Waals surface area contributed by atoms with Gasteiger partial charge in [0.2, 0.25) is 0 Å². The Hall–Kier alpha value is -0.0800. The van der Waals surface area contributed by atoms with E-state index in [0.29, 0.717) is 18.6 Å². The van der Waals surface area contributed by atoms with Crippen molar-refractivity contribution in [3.63, 3.8) is 0 Å². The molecule has 0 radical (unpaired) electrons. The Balaban J connectivity index is 2.33. The minimum Gasteiger partial charge on any atom is -0.396 e. The number of rotatable bonds is 2. The molecule has 1 fully saturated rings. The highest BCUT2D eigenvalue weighted by molar-refractivity contribution is 4.76. The van der Waals surface area contributed by atoms with Crippen molar-refractivity contribution in [2.24, 2.45) is 5.92 Å². The van der Waals surface area contributed by atoms with E-state index < -0.39 is 0 Å². The van der Waals surface area contributed by atoms with E-state index in [2.05, 4.69) is 19.0 Å². The Morgan fingerprint density at radius 3 is 2.64 bits per heavy atom. The molecule has 1 aliphatic carbocycles. The van der Waals surface area contributed by atoms with Crippen molar-refractivity contribution in [1.29, 1.82) is 0 Å². The molecule has 1 rings (SSSR count). The number of hydrogen-bond donors (Lipinski definition) is 1. The average Bonchev–Trinajstić information content (AvgIpc) is 2.05. The Morgan fingerprint density at radius 1 is 1.36 bits per heavy atom. The summed E-state index contributed by atoms with van der Waals surface area (Å²) in [5.41, 5.74) is 0. The van der Waals surface area contributed by atoms with Gasteiger partial charge < -0.3 is 10.0 Å². The SMILES string of the molecule is CN(C)[C@@H]1CCC[C@H](CO)C1. The molecule has 1 saturated carbocycles. The minimum atomic E-state index is 0.379. The van der Waals surface area contributed by atoms with E-state index in [1.165, 1.54) is 25.7 Å². The molecule has 0 bridgehead atoms. The molecule has 0 heterocycles. The summed E-state index contributed by atoms with van der Waals surface area (Å²) in [5, 5.41) is 8.97. The van der Waals surface area contributed by atoms with E-state index in [-0.39, 0.29) is 0 Å². The Kier molecular flexibility index (Phi) is 3.34. The molecule has 0 saturated heterocycles. The van der Waals surface area contributed by atoms with Gasteiger partial charge in [-0.15, -0.1) is 0 Å². The third-order valence-corrected chi connectivity index (χ3v) is 2.74. The lowest BCUT2D eigenvalue weighted by Gasteiger charge is -2.32. The molecule has 0 amide bonds. The summed E-state index contributed by atoms with van der Waals surface area (Å²) in [4.78, 5) is 2.28. The van der Waals surface area contributed by atoms with Gasteiger partial charge >= 0.3 is 0 Å². The van der Waals surface area contributed by atoms with E-state index >= 15 is 0 Å². The second-order valence-electron chi connectivity index (χ2n) is 3.83. The summed E-state index contributed by atoms with van der Waals surface area (Å²) in [6, 6.07) is 0.709. The lowest BCUT2D eigenvalue weighted by Crippen LogP contribution is -2.34. The van der Waals surface area contributed by atoms with Gasteiger partial charge in [0.1, 0.15) is 0 Å². The highest BCUT2D eigenvalue weighted by Gasteiger charge is 2.22. The van der Waals surface area contributed by atoms with Crippen molar-refractivity contribution < 1.29 is 5.11 Å². The molecule has 2 heteroatoms. The monoisotopic (exact) mass is 157 g/mol. The van der Waals surface area contributed by atoms with Crippen LogP contribution in [0.4, 0.5) is 0 Å². The topological polar surface area (TPSA) is 23.5 Å². The fourth-order valence-electron chi connectivity index (χ4n) is 1.90. The summed E-state index contributed by atoms with van der Waals surface area (Å²) in [7, 11) is 4.26. The van der Waals surface area contributed by atoms with Crippen molar-refractivity contribution in [2.45, 2.75) is 31.7 Å². The number of nitrogens with zero attached hydrogens (tertiary/aromatic N) is 1. The molecular weight excluding hydrogens is 138 g/mol. The molecule has 0 aromatic rings. The maximum absolute atomic E-state index is 8.97. The van der Waals surface area contributed by atoms with Crippen LogP contribution in [0.2, 0.25) is 0 Å². The van der Waals surface area contributed by atoms with Gasteiger partial charge in [-0.3, -0.25) is 0 Å². The molecule has 1 aliphatic rings. The van der Waals surface area contributed by atoms with Crippen molar-refractivity contribution in [3.05, 3.63) is 0 Å². The summed E-state index contributed by atoms with van der Waals surface area (Å²) in [6.45, 7) is 0.379. The molecular formula is C9H19NO. The highest BCUT2D eigenvalue weighted by atomic mass is 16.3. The van der Waals surface area contributed by atoms with Crippen LogP contribution in [0, 0.1) is 5.92 Å². The molecule has 0 aromatic carbocycles. The van der Waals surface area contributed by atoms with Gasteiger partial charge in [0.15, 0.2) is 0 Å². The Labute approximate surface area is 69.2 Å². The first-order valence-corrected chi connectivity index (χ1v) is 4.51. The smallest absolute Gasteiger partial charge is 0.0459 e. The van der Waals surface area contributed by atoms with Crippen LogP contribution in [0.15, 0.2) is 0 Å². The van der Waals surface area contributed by atoms with Crippen LogP contribution >= 0.6 is 0 Å². The van der Waals surface area contributed by atoms with Crippen LogP contribution in [0.5, 0.6) is 0 Å². The molecule has 11 heavy (non-hydrogen) atoms. The van der Waals surface area contributed by atoms with Crippen molar-refractivity contribution in [2.75, 3.05) is 20.7 Å². The molecule has 0 spiro atoms. The van der Waals surface area contributed by atoms with Gasteiger partial charge in [0, 0.05) is 12.6 Å². The minimum absolute atomic E-state index is 0.379. The summed E-state index contributed by atoms with van der Waals surface area (Å²) < 4.78 is 0. The van der Waals surface area contributed by atoms with Crippen LogP contribution in [0.25, 0.3) is 0 Å². The molecule has 2 atom stereocenters. The zero-order valence-corrected chi connectivity index (χ0v) is 7.58. The zero-order chi connectivity index (χ0) is 8.27. The second-order valence-corrected chi connectivity index (χ2v) is 3.83. The number of aliphatic hydroxyl groups excluding tert-OH is 1. The largest absolute Gasteiger partial charge is 0.396 e. The van der Waals surface area contributed by atoms with Gasteiger partial charge in [-0.2, -0.15) is 0 Å². The van der Waals surface area contributed by atoms with Gasteiger partial charge in [0.25, 0.3) is 0 Å². The molecule has 2 nitrogen and oxygen atoms in total. The van der Waals surface area contributed by atoms with Crippen molar-refractivity contribution in [1.82, 2.24) is 4.90 Å². The third-order valence-electron chi connectivity index (χ3n) is 2.74. The first-order chi connectivity index (χ1) is 5.24. The number of hydrogen-bond acceptors (Lipinski definition) is 2. The first-order valence-electron chi connectivity index (χ1n) is 4.51. The summed E-state index contributed by atoms with van der Waals surface area (Å²) >= 11 is 0. The van der Waals surface area contributed by atoms with E-state index in [9.17, 15) is 0 Å². The second kappa shape index (κ2) is 4.07. The fraction of sp³-hybridized carbons (Fsp3) is 1.00. The average molecular weight is 157 g/mol. The maximum atomic E-state index is 8.97. The van der Waals surface area contributed by atoms with Crippen molar-refractivity contribution in [3.8, 4) is 0 Å². The molecule has 0 aliphatic heterocycles. The quantitative estimate of drug-likeness (QED) is 0.649. The van der Waals surface area contributed by atoms with Crippen LogP contribution in [0.1, 0.15) is 25.7 Å². The van der Waals surface area contributed by atoms with Crippen LogP contribution in [-0.4, -0.2) is 36.8 Å².